The van der Waals surface area contributed by atoms with Crippen molar-refractivity contribution in [2.45, 2.75) is 13.5 Å². The molecule has 0 radical (unpaired) electrons. The predicted octanol–water partition coefficient (Wildman–Crippen LogP) is 4.86. The van der Waals surface area contributed by atoms with E-state index in [0.29, 0.717) is 22.1 Å². The topological polar surface area (TPSA) is 73.3 Å². The first-order chi connectivity index (χ1) is 14.0. The fourth-order valence-corrected chi connectivity index (χ4v) is 3.08. The number of thiazole rings is 1. The van der Waals surface area contributed by atoms with Crippen LogP contribution in [0.25, 0.3) is 17.5 Å². The number of rotatable bonds is 8. The molecule has 0 saturated carbocycles. The third-order valence-corrected chi connectivity index (χ3v) is 4.33. The van der Waals surface area contributed by atoms with Crippen LogP contribution >= 0.6 is 11.3 Å². The standard InChI is InChI=1S/C20H17F2N3O3S/c1-2-27-17-11-13(6-8-16(17)28-19(21)22)7-9-18(26)25-20-24-15(12-29-20)14-5-3-4-10-23-14/h3-12,19H,2H2,1H3,(H,24,25,26)/b9-7+. The lowest BCUT2D eigenvalue weighted by molar-refractivity contribution is -0.111. The van der Waals surface area contributed by atoms with Crippen molar-refractivity contribution in [1.82, 2.24) is 9.97 Å². The Kier molecular flexibility index (Phi) is 6.85. The molecule has 0 bridgehead atoms. The molecule has 0 atom stereocenters. The molecule has 0 fully saturated rings. The maximum Gasteiger partial charge on any atom is 0.387 e. The number of pyridine rings is 1. The number of hydrogen-bond acceptors (Lipinski definition) is 6. The lowest BCUT2D eigenvalue weighted by atomic mass is 10.2. The first-order valence-corrected chi connectivity index (χ1v) is 9.50. The van der Waals surface area contributed by atoms with Gasteiger partial charge in [0.2, 0.25) is 5.91 Å². The van der Waals surface area contributed by atoms with Gasteiger partial charge in [0.05, 0.1) is 12.3 Å². The van der Waals surface area contributed by atoms with E-state index in [1.807, 2.05) is 18.2 Å². The van der Waals surface area contributed by atoms with E-state index < -0.39 is 6.61 Å². The van der Waals surface area contributed by atoms with Crippen molar-refractivity contribution in [3.8, 4) is 22.9 Å². The molecule has 3 aromatic rings. The highest BCUT2D eigenvalue weighted by Crippen LogP contribution is 2.30. The number of benzene rings is 1. The maximum absolute atomic E-state index is 12.5. The Bertz CT molecular complexity index is 994. The van der Waals surface area contributed by atoms with Gasteiger partial charge in [-0.1, -0.05) is 12.1 Å². The number of amides is 1. The Morgan fingerprint density at radius 1 is 1.24 bits per heavy atom. The second-order valence-electron chi connectivity index (χ2n) is 5.59. The molecule has 6 nitrogen and oxygen atoms in total. The Morgan fingerprint density at radius 2 is 2.10 bits per heavy atom. The summed E-state index contributed by atoms with van der Waals surface area (Å²) in [4.78, 5) is 20.7. The van der Waals surface area contributed by atoms with Crippen LogP contribution in [0.3, 0.4) is 0 Å². The highest BCUT2D eigenvalue weighted by atomic mass is 32.1. The van der Waals surface area contributed by atoms with Gasteiger partial charge in [-0.2, -0.15) is 8.78 Å². The van der Waals surface area contributed by atoms with Gasteiger partial charge in [0.25, 0.3) is 0 Å². The molecule has 2 aromatic heterocycles. The Morgan fingerprint density at radius 3 is 2.83 bits per heavy atom. The van der Waals surface area contributed by atoms with Crippen molar-refractivity contribution in [2.24, 2.45) is 0 Å². The molecule has 0 aliphatic carbocycles. The van der Waals surface area contributed by atoms with Gasteiger partial charge in [0.15, 0.2) is 16.6 Å². The molecular formula is C20H17F2N3O3S. The zero-order valence-corrected chi connectivity index (χ0v) is 16.2. The molecule has 150 valence electrons. The average Bonchev–Trinajstić information content (AvgIpc) is 3.17. The second-order valence-corrected chi connectivity index (χ2v) is 6.45. The van der Waals surface area contributed by atoms with Crippen molar-refractivity contribution >= 4 is 28.5 Å². The third-order valence-electron chi connectivity index (χ3n) is 3.57. The van der Waals surface area contributed by atoms with Crippen LogP contribution in [0.1, 0.15) is 12.5 Å². The number of alkyl halides is 2. The van der Waals surface area contributed by atoms with Gasteiger partial charge in [-0.25, -0.2) is 4.98 Å². The number of ether oxygens (including phenoxy) is 2. The predicted molar refractivity (Wildman–Crippen MR) is 107 cm³/mol. The summed E-state index contributed by atoms with van der Waals surface area (Å²) < 4.78 is 34.7. The summed E-state index contributed by atoms with van der Waals surface area (Å²) in [6, 6.07) is 9.94. The zero-order valence-electron chi connectivity index (χ0n) is 15.3. The molecule has 1 N–H and O–H groups in total. The Balaban J connectivity index is 1.66. The minimum absolute atomic E-state index is 0.0618. The highest BCUT2D eigenvalue weighted by Gasteiger charge is 2.11. The number of aromatic nitrogens is 2. The van der Waals surface area contributed by atoms with Crippen LogP contribution in [-0.4, -0.2) is 29.1 Å². The number of hydrogen-bond donors (Lipinski definition) is 1. The molecule has 0 unspecified atom stereocenters. The van der Waals surface area contributed by atoms with Gasteiger partial charge < -0.3 is 9.47 Å². The monoisotopic (exact) mass is 417 g/mol. The molecule has 0 spiro atoms. The van der Waals surface area contributed by atoms with Crippen LogP contribution in [0, 0.1) is 0 Å². The molecule has 0 aliphatic heterocycles. The summed E-state index contributed by atoms with van der Waals surface area (Å²) >= 11 is 1.29. The second kappa shape index (κ2) is 9.74. The molecule has 1 aromatic carbocycles. The highest BCUT2D eigenvalue weighted by molar-refractivity contribution is 7.14. The van der Waals surface area contributed by atoms with Crippen molar-refractivity contribution in [2.75, 3.05) is 11.9 Å². The SMILES string of the molecule is CCOc1cc(/C=C/C(=O)Nc2nc(-c3ccccn3)cs2)ccc1OC(F)F. The van der Waals surface area contributed by atoms with E-state index >= 15 is 0 Å². The van der Waals surface area contributed by atoms with E-state index in [1.165, 1.54) is 35.6 Å². The smallest absolute Gasteiger partial charge is 0.387 e. The Labute approximate surface area is 169 Å². The number of anilines is 1. The average molecular weight is 417 g/mol. The fraction of sp³-hybridized carbons (Fsp3) is 0.150. The van der Waals surface area contributed by atoms with Crippen LogP contribution < -0.4 is 14.8 Å². The lowest BCUT2D eigenvalue weighted by Crippen LogP contribution is -2.07. The quantitative estimate of drug-likeness (QED) is 0.530. The minimum atomic E-state index is -2.95. The van der Waals surface area contributed by atoms with Gasteiger partial charge in [-0.3, -0.25) is 15.1 Å². The first kappa shape index (κ1) is 20.4. The van der Waals surface area contributed by atoms with Gasteiger partial charge in [-0.05, 0) is 42.8 Å². The number of nitrogens with one attached hydrogen (secondary N) is 1. The van der Waals surface area contributed by atoms with Gasteiger partial charge >= 0.3 is 6.61 Å². The summed E-state index contributed by atoms with van der Waals surface area (Å²) in [7, 11) is 0. The first-order valence-electron chi connectivity index (χ1n) is 8.63. The van der Waals surface area contributed by atoms with E-state index in [9.17, 15) is 13.6 Å². The summed E-state index contributed by atoms with van der Waals surface area (Å²) in [5.74, 6) is -0.263. The fourth-order valence-electron chi connectivity index (χ4n) is 2.37. The zero-order chi connectivity index (χ0) is 20.6. The minimum Gasteiger partial charge on any atom is -0.490 e. The van der Waals surface area contributed by atoms with Gasteiger partial charge in [0, 0.05) is 17.7 Å². The number of carbonyl (C=O) groups is 1. The van der Waals surface area contributed by atoms with Crippen LogP contribution in [0.15, 0.2) is 54.1 Å². The molecule has 1 amide bonds. The van der Waals surface area contributed by atoms with Crippen molar-refractivity contribution < 1.29 is 23.0 Å². The molecule has 3 rings (SSSR count). The molecular weight excluding hydrogens is 400 g/mol. The number of nitrogens with zero attached hydrogens (tertiary/aromatic N) is 2. The van der Waals surface area contributed by atoms with E-state index in [2.05, 4.69) is 20.0 Å². The summed E-state index contributed by atoms with van der Waals surface area (Å²) in [6.07, 6.45) is 4.53. The van der Waals surface area contributed by atoms with Crippen LogP contribution in [-0.2, 0) is 4.79 Å². The third kappa shape index (κ3) is 5.82. The van der Waals surface area contributed by atoms with Crippen LogP contribution in [0.5, 0.6) is 11.5 Å². The van der Waals surface area contributed by atoms with E-state index in [0.717, 1.165) is 0 Å². The van der Waals surface area contributed by atoms with E-state index in [1.54, 1.807) is 24.6 Å². The molecule has 9 heteroatoms. The summed E-state index contributed by atoms with van der Waals surface area (Å²) in [5.41, 5.74) is 1.98. The van der Waals surface area contributed by atoms with Crippen LogP contribution in [0.4, 0.5) is 13.9 Å². The van der Waals surface area contributed by atoms with Crippen molar-refractivity contribution in [1.29, 1.82) is 0 Å². The summed E-state index contributed by atoms with van der Waals surface area (Å²) in [5, 5.41) is 4.92. The summed E-state index contributed by atoms with van der Waals surface area (Å²) in [6.45, 7) is -0.929. The molecule has 2 heterocycles. The largest absolute Gasteiger partial charge is 0.490 e. The molecule has 0 saturated heterocycles. The van der Waals surface area contributed by atoms with Gasteiger partial charge in [0.1, 0.15) is 5.69 Å². The number of halogens is 2. The maximum atomic E-state index is 12.5. The van der Waals surface area contributed by atoms with Crippen LogP contribution in [0.2, 0.25) is 0 Å². The van der Waals surface area contributed by atoms with Crippen molar-refractivity contribution in [3.05, 3.63) is 59.6 Å². The number of carbonyl (C=O) groups excluding carboxylic acids is 1. The van der Waals surface area contributed by atoms with Gasteiger partial charge in [-0.15, -0.1) is 11.3 Å². The molecule has 29 heavy (non-hydrogen) atoms. The lowest BCUT2D eigenvalue weighted by Gasteiger charge is -2.11. The molecule has 0 aliphatic rings. The van der Waals surface area contributed by atoms with E-state index in [-0.39, 0.29) is 24.0 Å². The van der Waals surface area contributed by atoms with Crippen molar-refractivity contribution in [3.63, 3.8) is 0 Å². The van der Waals surface area contributed by atoms with E-state index in [4.69, 9.17) is 4.74 Å². The normalized spacial score (nSPS) is 11.0. The Hall–Kier alpha value is -3.33.